The number of nitrogens with one attached hydrogen (secondary N) is 1. The van der Waals surface area contributed by atoms with E-state index < -0.39 is 0 Å². The molecule has 2 aromatic carbocycles. The number of pyridine rings is 1. The summed E-state index contributed by atoms with van der Waals surface area (Å²) in [7, 11) is 0. The highest BCUT2D eigenvalue weighted by Crippen LogP contribution is 2.17. The van der Waals surface area contributed by atoms with Crippen molar-refractivity contribution in [2.45, 2.75) is 32.4 Å². The number of hydrogen-bond donors (Lipinski definition) is 1. The van der Waals surface area contributed by atoms with E-state index in [1.54, 1.807) is 0 Å². The van der Waals surface area contributed by atoms with Crippen LogP contribution in [-0.2, 0) is 17.9 Å². The van der Waals surface area contributed by atoms with Crippen molar-refractivity contribution in [2.75, 3.05) is 5.32 Å². The molecule has 1 heterocycles. The Kier molecular flexibility index (Phi) is 6.99. The van der Waals surface area contributed by atoms with Crippen LogP contribution in [0.3, 0.4) is 0 Å². The molecule has 138 valence electrons. The van der Waals surface area contributed by atoms with Crippen LogP contribution in [0.5, 0.6) is 5.75 Å². The van der Waals surface area contributed by atoms with Crippen LogP contribution >= 0.6 is 0 Å². The number of anilines is 1. The summed E-state index contributed by atoms with van der Waals surface area (Å²) in [5, 5.41) is 2.94. The number of carbonyl (C=O) groups excluding carboxylic acids is 1. The Morgan fingerprint density at radius 3 is 2.30 bits per heavy atom. The predicted octanol–water partition coefficient (Wildman–Crippen LogP) is 4.36. The summed E-state index contributed by atoms with van der Waals surface area (Å²) < 4.78 is 7.89. The van der Waals surface area contributed by atoms with E-state index in [1.807, 2.05) is 85.2 Å². The van der Waals surface area contributed by atoms with Gasteiger partial charge in [0.25, 0.3) is 0 Å². The van der Waals surface area contributed by atoms with Crippen LogP contribution in [0.25, 0.3) is 0 Å². The molecule has 4 nitrogen and oxygen atoms in total. The molecule has 3 rings (SSSR count). The van der Waals surface area contributed by atoms with Gasteiger partial charge in [0.1, 0.15) is 18.9 Å². The van der Waals surface area contributed by atoms with Crippen molar-refractivity contribution in [2.24, 2.45) is 0 Å². The van der Waals surface area contributed by atoms with Crippen molar-refractivity contribution in [3.05, 3.63) is 90.8 Å². The maximum absolute atomic E-state index is 12.1. The van der Waals surface area contributed by atoms with E-state index in [-0.39, 0.29) is 5.91 Å². The monoisotopic (exact) mass is 361 g/mol. The highest BCUT2D eigenvalue weighted by atomic mass is 16.5. The quantitative estimate of drug-likeness (QED) is 0.454. The zero-order valence-electron chi connectivity index (χ0n) is 15.4. The van der Waals surface area contributed by atoms with Gasteiger partial charge in [-0.1, -0.05) is 36.4 Å². The van der Waals surface area contributed by atoms with Gasteiger partial charge in [-0.15, -0.1) is 0 Å². The molecular weight excluding hydrogens is 336 g/mol. The van der Waals surface area contributed by atoms with Crippen molar-refractivity contribution in [1.29, 1.82) is 0 Å². The van der Waals surface area contributed by atoms with Crippen molar-refractivity contribution in [3.8, 4) is 5.75 Å². The third-order valence-corrected chi connectivity index (χ3v) is 4.23. The lowest BCUT2D eigenvalue weighted by molar-refractivity contribution is -0.697. The fourth-order valence-corrected chi connectivity index (χ4v) is 2.76. The number of unbranched alkanes of at least 4 members (excludes halogenated alkanes) is 1. The summed E-state index contributed by atoms with van der Waals surface area (Å²) in [6.07, 6.45) is 6.46. The first-order valence-electron chi connectivity index (χ1n) is 9.30. The molecule has 0 bridgehead atoms. The van der Waals surface area contributed by atoms with Crippen LogP contribution in [0.4, 0.5) is 5.69 Å². The van der Waals surface area contributed by atoms with Crippen molar-refractivity contribution in [1.82, 2.24) is 0 Å². The lowest BCUT2D eigenvalue weighted by Crippen LogP contribution is -2.32. The van der Waals surface area contributed by atoms with Crippen molar-refractivity contribution >= 4 is 11.6 Å². The van der Waals surface area contributed by atoms with Gasteiger partial charge < -0.3 is 10.1 Å². The molecule has 0 aliphatic carbocycles. The summed E-state index contributed by atoms with van der Waals surface area (Å²) in [4.78, 5) is 12.1. The fraction of sp³-hybridized carbons (Fsp3) is 0.217. The first-order chi connectivity index (χ1) is 13.3. The summed E-state index contributed by atoms with van der Waals surface area (Å²) in [5.41, 5.74) is 1.92. The smallest absolute Gasteiger partial charge is 0.224 e. The van der Waals surface area contributed by atoms with Crippen LogP contribution in [0, 0.1) is 0 Å². The van der Waals surface area contributed by atoms with E-state index in [4.69, 9.17) is 4.74 Å². The Labute approximate surface area is 160 Å². The highest BCUT2D eigenvalue weighted by molar-refractivity contribution is 5.90. The molecule has 27 heavy (non-hydrogen) atoms. The molecule has 0 radical (unpaired) electrons. The van der Waals surface area contributed by atoms with Gasteiger partial charge in [0.2, 0.25) is 5.91 Å². The van der Waals surface area contributed by atoms with E-state index in [0.717, 1.165) is 36.4 Å². The number of amides is 1. The molecule has 3 aromatic rings. The summed E-state index contributed by atoms with van der Waals surface area (Å²) in [5.74, 6) is 0.836. The second-order valence-corrected chi connectivity index (χ2v) is 6.42. The SMILES string of the molecule is O=C(CCCC[n+]1ccccc1)Nc1ccc(OCc2ccccc2)cc1. The van der Waals surface area contributed by atoms with Crippen molar-refractivity contribution in [3.63, 3.8) is 0 Å². The molecule has 0 saturated carbocycles. The number of aryl methyl sites for hydroxylation is 1. The van der Waals surface area contributed by atoms with Crippen LogP contribution in [0.1, 0.15) is 24.8 Å². The summed E-state index contributed by atoms with van der Waals surface area (Å²) >= 11 is 0. The number of ether oxygens (including phenoxy) is 1. The molecule has 0 aliphatic heterocycles. The Balaban J connectivity index is 1.36. The van der Waals surface area contributed by atoms with Crippen LogP contribution < -0.4 is 14.6 Å². The summed E-state index contributed by atoms with van der Waals surface area (Å²) in [6.45, 7) is 1.47. The van der Waals surface area contributed by atoms with Crippen LogP contribution in [0.15, 0.2) is 85.2 Å². The first-order valence-corrected chi connectivity index (χ1v) is 9.30. The minimum atomic E-state index is 0.0472. The molecule has 1 amide bonds. The Morgan fingerprint density at radius 1 is 0.852 bits per heavy atom. The van der Waals surface area contributed by atoms with Gasteiger partial charge in [0.05, 0.1) is 0 Å². The third kappa shape index (κ3) is 6.59. The van der Waals surface area contributed by atoms with Gasteiger partial charge in [0, 0.05) is 30.7 Å². The fourth-order valence-electron chi connectivity index (χ4n) is 2.76. The zero-order valence-corrected chi connectivity index (χ0v) is 15.4. The molecule has 0 spiro atoms. The molecule has 0 unspecified atom stereocenters. The minimum Gasteiger partial charge on any atom is -0.489 e. The Morgan fingerprint density at radius 2 is 1.56 bits per heavy atom. The number of carbonyl (C=O) groups is 1. The first kappa shape index (κ1) is 18.6. The number of hydrogen-bond acceptors (Lipinski definition) is 2. The standard InChI is InChI=1S/C23H24N2O2/c26-23(11-5-8-18-25-16-6-2-7-17-25)24-21-12-14-22(15-13-21)27-19-20-9-3-1-4-10-20/h1-4,6-7,9-10,12-17H,5,8,11,18-19H2/p+1. The zero-order chi connectivity index (χ0) is 18.7. The second kappa shape index (κ2) is 10.1. The van der Waals surface area contributed by atoms with E-state index >= 15 is 0 Å². The topological polar surface area (TPSA) is 42.2 Å². The Bertz CT molecular complexity index is 818. The molecule has 1 N–H and O–H groups in total. The Hall–Kier alpha value is -3.14. The van der Waals surface area contributed by atoms with Gasteiger partial charge in [-0.05, 0) is 36.2 Å². The van der Waals surface area contributed by atoms with Gasteiger partial charge in [0.15, 0.2) is 12.4 Å². The van der Waals surface area contributed by atoms with E-state index in [9.17, 15) is 4.79 Å². The average molecular weight is 361 g/mol. The third-order valence-electron chi connectivity index (χ3n) is 4.23. The molecule has 0 fully saturated rings. The van der Waals surface area contributed by atoms with E-state index in [2.05, 4.69) is 9.88 Å². The van der Waals surface area contributed by atoms with Gasteiger partial charge in [-0.25, -0.2) is 4.57 Å². The van der Waals surface area contributed by atoms with Crippen LogP contribution in [0.2, 0.25) is 0 Å². The summed E-state index contributed by atoms with van der Waals surface area (Å²) in [6, 6.07) is 23.6. The number of nitrogens with zero attached hydrogens (tertiary/aromatic N) is 1. The lowest BCUT2D eigenvalue weighted by atomic mass is 10.2. The van der Waals surface area contributed by atoms with Gasteiger partial charge >= 0.3 is 0 Å². The maximum Gasteiger partial charge on any atom is 0.224 e. The van der Waals surface area contributed by atoms with Gasteiger partial charge in [-0.2, -0.15) is 0 Å². The van der Waals surface area contributed by atoms with E-state index in [1.165, 1.54) is 0 Å². The highest BCUT2D eigenvalue weighted by Gasteiger charge is 2.05. The normalized spacial score (nSPS) is 10.4. The predicted molar refractivity (Wildman–Crippen MR) is 106 cm³/mol. The number of rotatable bonds is 9. The molecule has 1 aromatic heterocycles. The second-order valence-electron chi connectivity index (χ2n) is 6.42. The largest absolute Gasteiger partial charge is 0.489 e. The average Bonchev–Trinajstić information content (AvgIpc) is 2.72. The van der Waals surface area contributed by atoms with Gasteiger partial charge in [-0.3, -0.25) is 4.79 Å². The molecule has 0 saturated heterocycles. The number of aromatic nitrogens is 1. The van der Waals surface area contributed by atoms with E-state index in [0.29, 0.717) is 13.0 Å². The van der Waals surface area contributed by atoms with Crippen LogP contribution in [-0.4, -0.2) is 5.91 Å². The maximum atomic E-state index is 12.1. The molecular formula is C23H25N2O2+. The molecule has 0 atom stereocenters. The van der Waals surface area contributed by atoms with Crippen molar-refractivity contribution < 1.29 is 14.1 Å². The number of benzene rings is 2. The minimum absolute atomic E-state index is 0.0472. The molecule has 4 heteroatoms. The molecule has 0 aliphatic rings. The lowest BCUT2D eigenvalue weighted by Gasteiger charge is -2.08.